The van der Waals surface area contributed by atoms with E-state index in [9.17, 15) is 9.59 Å². The Morgan fingerprint density at radius 1 is 1.26 bits per heavy atom. The standard InChI is InChI=1S/C21H30N4O2/c1-17-7-5-13-24(15-17)14-6-12-22-20(26)16-25-21(27)11-10-19(23-25)18-8-3-2-4-9-18/h2-4,8-9,17H,5-7,10-16H2,1H3,(H,22,26). The van der Waals surface area contributed by atoms with Gasteiger partial charge in [0.15, 0.2) is 0 Å². The molecule has 0 radical (unpaired) electrons. The van der Waals surface area contributed by atoms with Crippen LogP contribution in [0.5, 0.6) is 0 Å². The molecular formula is C21H30N4O2. The van der Waals surface area contributed by atoms with E-state index in [1.807, 2.05) is 30.3 Å². The highest BCUT2D eigenvalue weighted by Crippen LogP contribution is 2.16. The molecule has 0 aromatic heterocycles. The van der Waals surface area contributed by atoms with Gasteiger partial charge in [0.05, 0.1) is 5.71 Å². The Labute approximate surface area is 161 Å². The number of benzene rings is 1. The molecule has 27 heavy (non-hydrogen) atoms. The van der Waals surface area contributed by atoms with E-state index in [1.165, 1.54) is 17.9 Å². The van der Waals surface area contributed by atoms with Crippen molar-refractivity contribution < 1.29 is 9.59 Å². The molecule has 1 unspecified atom stereocenters. The van der Waals surface area contributed by atoms with Crippen molar-refractivity contribution in [2.24, 2.45) is 11.0 Å². The number of nitrogens with one attached hydrogen (secondary N) is 1. The average molecular weight is 370 g/mol. The number of carbonyl (C=O) groups is 2. The molecule has 1 atom stereocenters. The van der Waals surface area contributed by atoms with Gasteiger partial charge in [-0.15, -0.1) is 0 Å². The van der Waals surface area contributed by atoms with E-state index >= 15 is 0 Å². The van der Waals surface area contributed by atoms with Gasteiger partial charge >= 0.3 is 0 Å². The van der Waals surface area contributed by atoms with E-state index in [4.69, 9.17) is 0 Å². The molecule has 2 heterocycles. The minimum atomic E-state index is -0.145. The summed E-state index contributed by atoms with van der Waals surface area (Å²) in [6.45, 7) is 6.28. The monoisotopic (exact) mass is 370 g/mol. The lowest BCUT2D eigenvalue weighted by atomic mass is 10.0. The fourth-order valence-corrected chi connectivity index (χ4v) is 3.77. The van der Waals surface area contributed by atoms with Crippen LogP contribution in [0.4, 0.5) is 0 Å². The first-order chi connectivity index (χ1) is 13.1. The second kappa shape index (κ2) is 9.65. The van der Waals surface area contributed by atoms with Crippen LogP contribution in [-0.2, 0) is 9.59 Å². The molecule has 1 fully saturated rings. The minimum Gasteiger partial charge on any atom is -0.354 e. The Balaban J connectivity index is 1.43. The van der Waals surface area contributed by atoms with Crippen molar-refractivity contribution in [3.63, 3.8) is 0 Å². The molecule has 1 aromatic rings. The Hall–Kier alpha value is -2.21. The molecule has 3 rings (SSSR count). The smallest absolute Gasteiger partial charge is 0.243 e. The summed E-state index contributed by atoms with van der Waals surface area (Å²) in [6, 6.07) is 9.82. The van der Waals surface area contributed by atoms with Gasteiger partial charge in [-0.2, -0.15) is 5.10 Å². The minimum absolute atomic E-state index is 0.00405. The van der Waals surface area contributed by atoms with E-state index in [1.54, 1.807) is 0 Å². The molecule has 1 saturated heterocycles. The largest absolute Gasteiger partial charge is 0.354 e. The first-order valence-electron chi connectivity index (χ1n) is 10.0. The Morgan fingerprint density at radius 2 is 2.07 bits per heavy atom. The van der Waals surface area contributed by atoms with Gasteiger partial charge in [0.2, 0.25) is 11.8 Å². The topological polar surface area (TPSA) is 65.0 Å². The van der Waals surface area contributed by atoms with Gasteiger partial charge in [-0.3, -0.25) is 9.59 Å². The van der Waals surface area contributed by atoms with Crippen LogP contribution in [0.1, 0.15) is 44.6 Å². The average Bonchev–Trinajstić information content (AvgIpc) is 2.68. The van der Waals surface area contributed by atoms with Crippen molar-refractivity contribution in [3.05, 3.63) is 35.9 Å². The van der Waals surface area contributed by atoms with Crippen LogP contribution in [0.25, 0.3) is 0 Å². The van der Waals surface area contributed by atoms with Crippen LogP contribution in [0, 0.1) is 5.92 Å². The fraction of sp³-hybridized carbons (Fsp3) is 0.571. The molecule has 1 aromatic carbocycles. The lowest BCUT2D eigenvalue weighted by Gasteiger charge is -2.30. The van der Waals surface area contributed by atoms with Crippen LogP contribution in [0.2, 0.25) is 0 Å². The van der Waals surface area contributed by atoms with Gasteiger partial charge < -0.3 is 10.2 Å². The van der Waals surface area contributed by atoms with E-state index in [2.05, 4.69) is 22.2 Å². The molecule has 6 nitrogen and oxygen atoms in total. The molecule has 146 valence electrons. The number of hydrogen-bond acceptors (Lipinski definition) is 4. The second-order valence-electron chi connectivity index (χ2n) is 7.62. The first kappa shape index (κ1) is 19.5. The lowest BCUT2D eigenvalue weighted by Crippen LogP contribution is -2.41. The number of likely N-dealkylation sites (tertiary alicyclic amines) is 1. The fourth-order valence-electron chi connectivity index (χ4n) is 3.77. The van der Waals surface area contributed by atoms with E-state index < -0.39 is 0 Å². The summed E-state index contributed by atoms with van der Waals surface area (Å²) >= 11 is 0. The van der Waals surface area contributed by atoms with Gasteiger partial charge in [0.1, 0.15) is 6.54 Å². The first-order valence-corrected chi connectivity index (χ1v) is 10.0. The maximum absolute atomic E-state index is 12.2. The predicted octanol–water partition coefficient (Wildman–Crippen LogP) is 2.25. The normalized spacial score (nSPS) is 21.1. The van der Waals surface area contributed by atoms with Crippen molar-refractivity contribution in [2.45, 2.75) is 39.0 Å². The summed E-state index contributed by atoms with van der Waals surface area (Å²) in [5.41, 5.74) is 1.87. The van der Waals surface area contributed by atoms with Crippen LogP contribution in [-0.4, -0.2) is 60.2 Å². The molecular weight excluding hydrogens is 340 g/mol. The van der Waals surface area contributed by atoms with Gasteiger partial charge in [-0.1, -0.05) is 37.3 Å². The number of rotatable bonds is 7. The highest BCUT2D eigenvalue weighted by Gasteiger charge is 2.23. The maximum atomic E-state index is 12.2. The maximum Gasteiger partial charge on any atom is 0.243 e. The number of amides is 2. The van der Waals surface area contributed by atoms with Gasteiger partial charge in [0.25, 0.3) is 0 Å². The summed E-state index contributed by atoms with van der Waals surface area (Å²) in [4.78, 5) is 26.8. The molecule has 0 bridgehead atoms. The third-order valence-electron chi connectivity index (χ3n) is 5.22. The molecule has 0 saturated carbocycles. The molecule has 1 N–H and O–H groups in total. The molecule has 0 aliphatic carbocycles. The molecule has 6 heteroatoms. The third kappa shape index (κ3) is 5.89. The zero-order valence-corrected chi connectivity index (χ0v) is 16.2. The summed E-state index contributed by atoms with van der Waals surface area (Å²) in [5.74, 6) is 0.538. The number of hydrazone groups is 1. The zero-order chi connectivity index (χ0) is 19.1. The number of hydrogen-bond donors (Lipinski definition) is 1. The van der Waals surface area contributed by atoms with Crippen molar-refractivity contribution in [3.8, 4) is 0 Å². The van der Waals surface area contributed by atoms with E-state index in [0.717, 1.165) is 43.2 Å². The van der Waals surface area contributed by atoms with Crippen molar-refractivity contribution in [1.29, 1.82) is 0 Å². The quantitative estimate of drug-likeness (QED) is 0.749. The zero-order valence-electron chi connectivity index (χ0n) is 16.2. The number of nitrogens with zero attached hydrogens (tertiary/aromatic N) is 3. The van der Waals surface area contributed by atoms with E-state index in [-0.39, 0.29) is 18.4 Å². The summed E-state index contributed by atoms with van der Waals surface area (Å²) in [6.07, 6.45) is 4.54. The summed E-state index contributed by atoms with van der Waals surface area (Å²) < 4.78 is 0. The number of carbonyl (C=O) groups excluding carboxylic acids is 2. The Kier molecular flexibility index (Phi) is 6.98. The molecule has 2 aliphatic heterocycles. The van der Waals surface area contributed by atoms with Crippen LogP contribution in [0.3, 0.4) is 0 Å². The van der Waals surface area contributed by atoms with E-state index in [0.29, 0.717) is 19.4 Å². The summed E-state index contributed by atoms with van der Waals surface area (Å²) in [7, 11) is 0. The SMILES string of the molecule is CC1CCCN(CCCNC(=O)CN2N=C(c3ccccc3)CCC2=O)C1. The van der Waals surface area contributed by atoms with Gasteiger partial charge in [-0.05, 0) is 43.8 Å². The lowest BCUT2D eigenvalue weighted by molar-refractivity contribution is -0.136. The third-order valence-corrected chi connectivity index (χ3v) is 5.22. The van der Waals surface area contributed by atoms with Gasteiger partial charge in [-0.25, -0.2) is 5.01 Å². The second-order valence-corrected chi connectivity index (χ2v) is 7.62. The highest BCUT2D eigenvalue weighted by molar-refractivity contribution is 6.04. The molecule has 2 amide bonds. The van der Waals surface area contributed by atoms with Gasteiger partial charge in [0, 0.05) is 25.9 Å². The van der Waals surface area contributed by atoms with Crippen LogP contribution >= 0.6 is 0 Å². The molecule has 2 aliphatic rings. The van der Waals surface area contributed by atoms with Crippen LogP contribution in [0.15, 0.2) is 35.4 Å². The van der Waals surface area contributed by atoms with Crippen LogP contribution < -0.4 is 5.32 Å². The number of piperidine rings is 1. The van der Waals surface area contributed by atoms with Crippen molar-refractivity contribution in [1.82, 2.24) is 15.2 Å². The molecule has 0 spiro atoms. The Bertz CT molecular complexity index is 674. The summed E-state index contributed by atoms with van der Waals surface area (Å²) in [5, 5.41) is 8.65. The Morgan fingerprint density at radius 3 is 2.85 bits per heavy atom. The van der Waals surface area contributed by atoms with Crippen molar-refractivity contribution >= 4 is 17.5 Å². The highest BCUT2D eigenvalue weighted by atomic mass is 16.2. The van der Waals surface area contributed by atoms with Crippen molar-refractivity contribution in [2.75, 3.05) is 32.7 Å². The predicted molar refractivity (Wildman–Crippen MR) is 106 cm³/mol.